The van der Waals surface area contributed by atoms with Crippen LogP contribution in [0.1, 0.15) is 62.2 Å². The lowest BCUT2D eigenvalue weighted by Gasteiger charge is -2.26. The van der Waals surface area contributed by atoms with Gasteiger partial charge in [-0.2, -0.15) is 0 Å². The highest BCUT2D eigenvalue weighted by molar-refractivity contribution is 6.01. The number of nitrogens with zero attached hydrogens (tertiary/aromatic N) is 4. The molecule has 2 unspecified atom stereocenters. The fourth-order valence-corrected chi connectivity index (χ4v) is 6.13. The van der Waals surface area contributed by atoms with E-state index in [0.717, 1.165) is 27.9 Å². The Bertz CT molecular complexity index is 1470. The van der Waals surface area contributed by atoms with Crippen LogP contribution in [0.25, 0.3) is 22.2 Å². The van der Waals surface area contributed by atoms with Crippen molar-refractivity contribution in [2.75, 3.05) is 39.8 Å². The third-order valence-electron chi connectivity index (χ3n) is 8.05. The van der Waals surface area contributed by atoms with Crippen molar-refractivity contribution in [3.63, 3.8) is 0 Å². The summed E-state index contributed by atoms with van der Waals surface area (Å²) in [5.74, 6) is 0.671. The molecule has 9 heteroatoms. The molecule has 4 heterocycles. The molecule has 218 valence electrons. The molecule has 2 aliphatic heterocycles. The minimum absolute atomic E-state index is 0.0209. The average molecular weight is 560 g/mol. The number of likely N-dealkylation sites (tertiary alicyclic amines) is 2. The van der Waals surface area contributed by atoms with Crippen molar-refractivity contribution in [2.45, 2.75) is 53.1 Å². The van der Waals surface area contributed by atoms with Crippen molar-refractivity contribution in [1.82, 2.24) is 24.7 Å². The molecule has 41 heavy (non-hydrogen) atoms. The molecule has 0 aliphatic carbocycles. The van der Waals surface area contributed by atoms with Crippen LogP contribution >= 0.6 is 0 Å². The molecule has 2 aromatic heterocycles. The van der Waals surface area contributed by atoms with Crippen LogP contribution in [0, 0.1) is 18.8 Å². The molecule has 3 aromatic rings. The van der Waals surface area contributed by atoms with Gasteiger partial charge < -0.3 is 24.4 Å². The van der Waals surface area contributed by atoms with E-state index in [2.05, 4.69) is 29.9 Å². The second-order valence-corrected chi connectivity index (χ2v) is 12.9. The first-order valence-electron chi connectivity index (χ1n) is 14.4. The van der Waals surface area contributed by atoms with E-state index in [-0.39, 0.29) is 36.1 Å². The van der Waals surface area contributed by atoms with Gasteiger partial charge in [0, 0.05) is 79.0 Å². The minimum Gasteiger partial charge on any atom is -0.444 e. The van der Waals surface area contributed by atoms with Crippen LogP contribution in [0.15, 0.2) is 36.5 Å². The summed E-state index contributed by atoms with van der Waals surface area (Å²) >= 11 is 0. The van der Waals surface area contributed by atoms with E-state index in [9.17, 15) is 14.4 Å². The summed E-state index contributed by atoms with van der Waals surface area (Å²) in [5, 5.41) is 1.07. The zero-order valence-electron chi connectivity index (χ0n) is 25.2. The number of nitrogens with one attached hydrogen (secondary N) is 1. The van der Waals surface area contributed by atoms with Gasteiger partial charge in [0.2, 0.25) is 5.91 Å². The Labute approximate surface area is 241 Å². The van der Waals surface area contributed by atoms with Gasteiger partial charge in [-0.05, 0) is 69.5 Å². The van der Waals surface area contributed by atoms with Gasteiger partial charge in [0.1, 0.15) is 12.1 Å². The van der Waals surface area contributed by atoms with Gasteiger partial charge in [0.15, 0.2) is 0 Å². The number of pyridine rings is 1. The lowest BCUT2D eigenvalue weighted by molar-refractivity contribution is -0.131. The minimum atomic E-state index is -0.613. The van der Waals surface area contributed by atoms with Gasteiger partial charge in [-0.3, -0.25) is 14.6 Å². The molecule has 1 N–H and O–H groups in total. The normalized spacial score (nSPS) is 18.7. The second-order valence-electron chi connectivity index (χ2n) is 12.9. The number of H-pyrrole nitrogens is 1. The Balaban J connectivity index is 1.26. The third kappa shape index (κ3) is 5.94. The molecule has 2 atom stereocenters. The monoisotopic (exact) mass is 559 g/mol. The SMILES string of the molecule is Cc1cc(-c2[nH]c3ccc(C(=O)N4CC5CN(C(=O)CN(C)C(=O)OC(C)(C)C)CC5C4)cc3c2C(C)C)ccn1. The number of carbonyl (C=O) groups is 3. The average Bonchev–Trinajstić information content (AvgIpc) is 3.58. The van der Waals surface area contributed by atoms with E-state index in [4.69, 9.17) is 4.74 Å². The van der Waals surface area contributed by atoms with Crippen LogP contribution in [-0.2, 0) is 9.53 Å². The van der Waals surface area contributed by atoms with Crippen LogP contribution in [0.3, 0.4) is 0 Å². The topological polar surface area (TPSA) is 98.8 Å². The Hall–Kier alpha value is -3.88. The van der Waals surface area contributed by atoms with Gasteiger partial charge in [-0.1, -0.05) is 13.8 Å². The number of likely N-dealkylation sites (N-methyl/N-ethyl adjacent to an activating group) is 1. The molecule has 0 radical (unpaired) electrons. The molecule has 2 saturated heterocycles. The molecule has 0 spiro atoms. The largest absolute Gasteiger partial charge is 0.444 e. The molecule has 5 rings (SSSR count). The number of amides is 3. The standard InChI is InChI=1S/C32H41N5O4/c1-19(2)28-25-13-22(8-9-26(25)34-29(28)21-10-11-33-20(3)12-21)30(39)37-16-23-14-36(15-24(23)17-37)27(38)18-35(7)31(40)41-32(4,5)6/h8-13,19,23-24,34H,14-18H2,1-7H3. The number of ether oxygens (including phenoxy) is 1. The molecule has 0 bridgehead atoms. The maximum absolute atomic E-state index is 13.6. The predicted octanol–water partition coefficient (Wildman–Crippen LogP) is 5.06. The van der Waals surface area contributed by atoms with E-state index in [1.807, 2.05) is 47.2 Å². The Kier molecular flexibility index (Phi) is 7.57. The van der Waals surface area contributed by atoms with Crippen LogP contribution < -0.4 is 0 Å². The summed E-state index contributed by atoms with van der Waals surface area (Å²) in [6, 6.07) is 10.0. The van der Waals surface area contributed by atoms with Gasteiger partial charge in [0.05, 0.1) is 5.69 Å². The third-order valence-corrected chi connectivity index (χ3v) is 8.05. The summed E-state index contributed by atoms with van der Waals surface area (Å²) < 4.78 is 5.36. The number of benzene rings is 1. The maximum Gasteiger partial charge on any atom is 0.410 e. The quantitative estimate of drug-likeness (QED) is 0.471. The van der Waals surface area contributed by atoms with Crippen LogP contribution in [0.5, 0.6) is 0 Å². The molecule has 0 saturated carbocycles. The number of aromatic amines is 1. The first kappa shape index (κ1) is 28.6. The molecule has 2 fully saturated rings. The van der Waals surface area contributed by atoms with Crippen molar-refractivity contribution in [3.8, 4) is 11.3 Å². The number of hydrogen-bond donors (Lipinski definition) is 1. The van der Waals surface area contributed by atoms with Gasteiger partial charge in [-0.15, -0.1) is 0 Å². The van der Waals surface area contributed by atoms with Crippen molar-refractivity contribution < 1.29 is 19.1 Å². The number of carbonyl (C=O) groups excluding carboxylic acids is 3. The van der Waals surface area contributed by atoms with Crippen molar-refractivity contribution in [2.24, 2.45) is 11.8 Å². The van der Waals surface area contributed by atoms with E-state index >= 15 is 0 Å². The van der Waals surface area contributed by atoms with Crippen molar-refractivity contribution >= 4 is 28.8 Å². The first-order valence-corrected chi connectivity index (χ1v) is 14.4. The number of fused-ring (bicyclic) bond motifs is 2. The van der Waals surface area contributed by atoms with E-state index < -0.39 is 11.7 Å². The zero-order valence-corrected chi connectivity index (χ0v) is 25.2. The molecular formula is C32H41N5O4. The highest BCUT2D eigenvalue weighted by Crippen LogP contribution is 2.37. The molecule has 9 nitrogen and oxygen atoms in total. The van der Waals surface area contributed by atoms with E-state index in [0.29, 0.717) is 31.7 Å². The smallest absolute Gasteiger partial charge is 0.410 e. The lowest BCUT2D eigenvalue weighted by atomic mass is 9.95. The maximum atomic E-state index is 13.6. The van der Waals surface area contributed by atoms with Crippen LogP contribution in [0.2, 0.25) is 0 Å². The summed E-state index contributed by atoms with van der Waals surface area (Å²) in [7, 11) is 1.58. The highest BCUT2D eigenvalue weighted by Gasteiger charge is 2.43. The van der Waals surface area contributed by atoms with E-state index in [1.165, 1.54) is 10.5 Å². The van der Waals surface area contributed by atoms with Crippen LogP contribution in [0.4, 0.5) is 4.79 Å². The second kappa shape index (κ2) is 10.8. The summed E-state index contributed by atoms with van der Waals surface area (Å²) in [5.41, 5.74) is 5.40. The highest BCUT2D eigenvalue weighted by atomic mass is 16.6. The van der Waals surface area contributed by atoms with Crippen molar-refractivity contribution in [3.05, 3.63) is 53.3 Å². The number of rotatable bonds is 5. The Morgan fingerprint density at radius 1 is 1.05 bits per heavy atom. The molecule has 2 aliphatic rings. The summed E-state index contributed by atoms with van der Waals surface area (Å²) in [6.45, 7) is 14.2. The predicted molar refractivity (Wildman–Crippen MR) is 159 cm³/mol. The molecule has 1 aromatic carbocycles. The van der Waals surface area contributed by atoms with Crippen LogP contribution in [-0.4, -0.2) is 87.9 Å². The zero-order chi connectivity index (χ0) is 29.6. The molecule has 3 amide bonds. The van der Waals surface area contributed by atoms with Gasteiger partial charge in [0.25, 0.3) is 5.91 Å². The molecular weight excluding hydrogens is 518 g/mol. The Morgan fingerprint density at radius 2 is 1.71 bits per heavy atom. The lowest BCUT2D eigenvalue weighted by Crippen LogP contribution is -2.43. The first-order chi connectivity index (χ1) is 19.3. The fraction of sp³-hybridized carbons (Fsp3) is 0.500. The number of aromatic nitrogens is 2. The van der Waals surface area contributed by atoms with Crippen molar-refractivity contribution in [1.29, 1.82) is 0 Å². The number of hydrogen-bond acceptors (Lipinski definition) is 5. The van der Waals surface area contributed by atoms with E-state index in [1.54, 1.807) is 27.8 Å². The number of aryl methyl sites for hydroxylation is 1. The van der Waals surface area contributed by atoms with Gasteiger partial charge in [-0.25, -0.2) is 4.79 Å². The fourth-order valence-electron chi connectivity index (χ4n) is 6.13. The summed E-state index contributed by atoms with van der Waals surface area (Å²) in [4.78, 5) is 51.8. The van der Waals surface area contributed by atoms with Gasteiger partial charge >= 0.3 is 6.09 Å². The summed E-state index contributed by atoms with van der Waals surface area (Å²) in [6.07, 6.45) is 1.32. The Morgan fingerprint density at radius 3 is 2.32 bits per heavy atom.